The molecule has 2 nitrogen and oxygen atoms in total. The van der Waals surface area contributed by atoms with E-state index < -0.39 is 0 Å². The average molecular weight is 326 g/mol. The van der Waals surface area contributed by atoms with Crippen LogP contribution in [0.25, 0.3) is 0 Å². The molecule has 0 saturated carbocycles. The predicted molar refractivity (Wildman–Crippen MR) is 100 cm³/mol. The Morgan fingerprint density at radius 3 is 1.46 bits per heavy atom. The van der Waals surface area contributed by atoms with Crippen molar-refractivity contribution in [1.29, 1.82) is 0 Å². The zero-order valence-corrected chi connectivity index (χ0v) is 15.5. The van der Waals surface area contributed by atoms with Crippen molar-refractivity contribution in [3.05, 3.63) is 69.8 Å². The summed E-state index contributed by atoms with van der Waals surface area (Å²) in [6.45, 7) is 11.3. The van der Waals surface area contributed by atoms with Crippen molar-refractivity contribution in [2.24, 2.45) is 0 Å². The van der Waals surface area contributed by atoms with Crippen LogP contribution in [0.2, 0.25) is 0 Å². The van der Waals surface area contributed by atoms with Crippen LogP contribution in [0, 0.1) is 13.8 Å². The third-order valence-electron chi connectivity index (χ3n) is 4.50. The Balaban J connectivity index is 1.68. The number of aryl methyl sites for hydroxylation is 4. The molecule has 0 atom stereocenters. The second-order valence-corrected chi connectivity index (χ2v) is 6.33. The maximum atomic E-state index is 5.74. The second-order valence-electron chi connectivity index (χ2n) is 6.33. The maximum Gasteiger partial charge on any atom is 0.0718 e. The number of hydrogen-bond acceptors (Lipinski definition) is 2. The van der Waals surface area contributed by atoms with Crippen LogP contribution in [-0.2, 0) is 35.5 Å². The van der Waals surface area contributed by atoms with Crippen LogP contribution in [0.1, 0.15) is 47.2 Å². The Bertz CT molecular complexity index is 589. The summed E-state index contributed by atoms with van der Waals surface area (Å²) in [4.78, 5) is 0. The highest BCUT2D eigenvalue weighted by atomic mass is 16.5. The molecule has 0 aliphatic rings. The van der Waals surface area contributed by atoms with Gasteiger partial charge in [0.1, 0.15) is 0 Å². The fraction of sp³-hybridized carbons (Fsp3) is 0.455. The van der Waals surface area contributed by atoms with Crippen molar-refractivity contribution >= 4 is 0 Å². The molecule has 0 amide bonds. The summed E-state index contributed by atoms with van der Waals surface area (Å²) in [5.41, 5.74) is 7.99. The molecule has 2 heteroatoms. The molecule has 2 aromatic carbocycles. The van der Waals surface area contributed by atoms with Gasteiger partial charge in [-0.15, -0.1) is 0 Å². The molecule has 0 fully saturated rings. The smallest absolute Gasteiger partial charge is 0.0718 e. The molecule has 0 aliphatic heterocycles. The number of rotatable bonds is 9. The van der Waals surface area contributed by atoms with Gasteiger partial charge in [-0.25, -0.2) is 0 Å². The van der Waals surface area contributed by atoms with Gasteiger partial charge < -0.3 is 9.47 Å². The van der Waals surface area contributed by atoms with Crippen molar-refractivity contribution in [1.82, 2.24) is 0 Å². The minimum absolute atomic E-state index is 0.627. The Morgan fingerprint density at radius 2 is 1.08 bits per heavy atom. The Hall–Kier alpha value is -1.64. The van der Waals surface area contributed by atoms with Gasteiger partial charge in [0.2, 0.25) is 0 Å². The van der Waals surface area contributed by atoms with Crippen molar-refractivity contribution in [2.45, 2.75) is 53.8 Å². The fourth-order valence-electron chi connectivity index (χ4n) is 2.89. The molecule has 0 radical (unpaired) electrons. The molecule has 0 bridgehead atoms. The minimum Gasteiger partial charge on any atom is -0.374 e. The van der Waals surface area contributed by atoms with E-state index in [-0.39, 0.29) is 0 Å². The first-order valence-electron chi connectivity index (χ1n) is 8.96. The summed E-state index contributed by atoms with van der Waals surface area (Å²) in [7, 11) is 0. The molecule has 0 saturated heterocycles. The molecule has 0 aromatic heterocycles. The lowest BCUT2D eigenvalue weighted by Gasteiger charge is -2.10. The van der Waals surface area contributed by atoms with Crippen LogP contribution in [0.5, 0.6) is 0 Å². The van der Waals surface area contributed by atoms with Gasteiger partial charge in [0.05, 0.1) is 26.4 Å². The highest BCUT2D eigenvalue weighted by Crippen LogP contribution is 2.14. The van der Waals surface area contributed by atoms with E-state index in [1.807, 2.05) is 0 Å². The quantitative estimate of drug-likeness (QED) is 0.592. The topological polar surface area (TPSA) is 18.5 Å². The monoisotopic (exact) mass is 326 g/mol. The van der Waals surface area contributed by atoms with Crippen LogP contribution >= 0.6 is 0 Å². The number of benzene rings is 2. The summed E-state index contributed by atoms with van der Waals surface area (Å²) in [5, 5.41) is 0. The van der Waals surface area contributed by atoms with E-state index in [1.54, 1.807) is 0 Å². The molecule has 0 unspecified atom stereocenters. The van der Waals surface area contributed by atoms with Crippen LogP contribution in [0.3, 0.4) is 0 Å². The van der Waals surface area contributed by atoms with Gasteiger partial charge in [0.25, 0.3) is 0 Å². The maximum absolute atomic E-state index is 5.74. The third kappa shape index (κ3) is 5.47. The van der Waals surface area contributed by atoms with Gasteiger partial charge in [-0.3, -0.25) is 0 Å². The van der Waals surface area contributed by atoms with Gasteiger partial charge >= 0.3 is 0 Å². The lowest BCUT2D eigenvalue weighted by Crippen LogP contribution is -2.05. The van der Waals surface area contributed by atoms with Crippen molar-refractivity contribution in [3.8, 4) is 0 Å². The van der Waals surface area contributed by atoms with E-state index in [9.17, 15) is 0 Å². The van der Waals surface area contributed by atoms with Gasteiger partial charge in [-0.2, -0.15) is 0 Å². The average Bonchev–Trinajstić information content (AvgIpc) is 2.60. The van der Waals surface area contributed by atoms with Crippen molar-refractivity contribution < 1.29 is 9.47 Å². The Labute approximate surface area is 146 Å². The third-order valence-corrected chi connectivity index (χ3v) is 4.50. The molecule has 2 aromatic rings. The molecular formula is C22H30O2. The normalized spacial score (nSPS) is 11.0. The van der Waals surface area contributed by atoms with E-state index in [2.05, 4.69) is 64.1 Å². The summed E-state index contributed by atoms with van der Waals surface area (Å²) < 4.78 is 11.5. The molecule has 0 aliphatic carbocycles. The first kappa shape index (κ1) is 18.7. The van der Waals surface area contributed by atoms with Crippen LogP contribution in [0.4, 0.5) is 0 Å². The zero-order chi connectivity index (χ0) is 17.4. The first-order valence-corrected chi connectivity index (χ1v) is 8.96. The number of hydrogen-bond donors (Lipinski definition) is 0. The summed E-state index contributed by atoms with van der Waals surface area (Å²) in [6.07, 6.45) is 2.14. The molecule has 2 rings (SSSR count). The summed E-state index contributed by atoms with van der Waals surface area (Å²) >= 11 is 0. The highest BCUT2D eigenvalue weighted by molar-refractivity contribution is 5.31. The van der Waals surface area contributed by atoms with Crippen LogP contribution in [0.15, 0.2) is 36.4 Å². The van der Waals surface area contributed by atoms with Gasteiger partial charge in [0, 0.05) is 0 Å². The molecule has 0 spiro atoms. The Kier molecular flexibility index (Phi) is 7.48. The first-order chi connectivity index (χ1) is 11.6. The minimum atomic E-state index is 0.627. The molecule has 24 heavy (non-hydrogen) atoms. The van der Waals surface area contributed by atoms with E-state index >= 15 is 0 Å². The number of ether oxygens (including phenoxy) is 2. The molecular weight excluding hydrogens is 296 g/mol. The van der Waals surface area contributed by atoms with Gasteiger partial charge in [-0.05, 0) is 60.1 Å². The molecule has 0 heterocycles. The van der Waals surface area contributed by atoms with Gasteiger partial charge in [0.15, 0.2) is 0 Å². The van der Waals surface area contributed by atoms with Crippen LogP contribution in [-0.4, -0.2) is 13.2 Å². The lowest BCUT2D eigenvalue weighted by molar-refractivity contribution is 0.0338. The second kappa shape index (κ2) is 9.61. The summed E-state index contributed by atoms with van der Waals surface area (Å²) in [6, 6.07) is 13.1. The lowest BCUT2D eigenvalue weighted by atomic mass is 10.0. The van der Waals surface area contributed by atoms with Crippen molar-refractivity contribution in [2.75, 3.05) is 13.2 Å². The zero-order valence-electron chi connectivity index (χ0n) is 15.5. The Morgan fingerprint density at radius 1 is 0.667 bits per heavy atom. The van der Waals surface area contributed by atoms with Crippen LogP contribution < -0.4 is 0 Å². The fourth-order valence-corrected chi connectivity index (χ4v) is 2.89. The van der Waals surface area contributed by atoms with E-state index in [4.69, 9.17) is 9.47 Å². The predicted octanol–water partition coefficient (Wildman–Crippen LogP) is 5.16. The summed E-state index contributed by atoms with van der Waals surface area (Å²) in [5.74, 6) is 0. The largest absolute Gasteiger partial charge is 0.374 e. The van der Waals surface area contributed by atoms with Gasteiger partial charge in [-0.1, -0.05) is 50.2 Å². The SMILES string of the molecule is CCc1cc(COCCOCc2ccc(C)c(CC)c2)ccc1C. The van der Waals surface area contributed by atoms with E-state index in [1.165, 1.54) is 33.4 Å². The van der Waals surface area contributed by atoms with Crippen molar-refractivity contribution in [3.63, 3.8) is 0 Å². The van der Waals surface area contributed by atoms with E-state index in [0.29, 0.717) is 26.4 Å². The molecule has 0 N–H and O–H groups in total. The standard InChI is InChI=1S/C22H30O2/c1-5-21-13-19(9-7-17(21)3)15-23-11-12-24-16-20-10-8-18(4)22(6-2)14-20/h7-10,13-14H,5-6,11-12,15-16H2,1-4H3. The molecule has 130 valence electrons. The highest BCUT2D eigenvalue weighted by Gasteiger charge is 2.01. The van der Waals surface area contributed by atoms with E-state index in [0.717, 1.165) is 12.8 Å².